The van der Waals surface area contributed by atoms with E-state index < -0.39 is 0 Å². The lowest BCUT2D eigenvalue weighted by molar-refractivity contribution is -0.0982. The van der Waals surface area contributed by atoms with Crippen LogP contribution in [0.1, 0.15) is 39.5 Å². The molecule has 104 valence electrons. The largest absolute Gasteiger partial charge is 0.396 e. The third kappa shape index (κ3) is 1.91. The number of hydrogen-bond donors (Lipinski definition) is 2. The molecular formula is C15H26O3. The van der Waals surface area contributed by atoms with Gasteiger partial charge in [-0.05, 0) is 48.9 Å². The molecule has 3 nitrogen and oxygen atoms in total. The van der Waals surface area contributed by atoms with E-state index in [0.29, 0.717) is 36.6 Å². The highest BCUT2D eigenvalue weighted by atomic mass is 16.6. The van der Waals surface area contributed by atoms with Gasteiger partial charge in [-0.15, -0.1) is 0 Å². The van der Waals surface area contributed by atoms with Crippen molar-refractivity contribution in [2.45, 2.75) is 51.7 Å². The van der Waals surface area contributed by atoms with Crippen LogP contribution in [-0.4, -0.2) is 35.6 Å². The van der Waals surface area contributed by atoms with Crippen LogP contribution in [0.5, 0.6) is 0 Å². The van der Waals surface area contributed by atoms with Gasteiger partial charge in [0.25, 0.3) is 0 Å². The first-order chi connectivity index (χ1) is 8.59. The zero-order chi connectivity index (χ0) is 12.9. The molecule has 0 aromatic carbocycles. The molecule has 7 unspecified atom stereocenters. The van der Waals surface area contributed by atoms with Crippen molar-refractivity contribution in [3.63, 3.8) is 0 Å². The Kier molecular flexibility index (Phi) is 3.20. The highest BCUT2D eigenvalue weighted by Crippen LogP contribution is 2.58. The Morgan fingerprint density at radius 1 is 1.28 bits per heavy atom. The van der Waals surface area contributed by atoms with Crippen molar-refractivity contribution < 1.29 is 14.9 Å². The molecule has 1 heterocycles. The summed E-state index contributed by atoms with van der Waals surface area (Å²) < 4.78 is 5.74. The van der Waals surface area contributed by atoms with Crippen molar-refractivity contribution in [3.05, 3.63) is 0 Å². The lowest BCUT2D eigenvalue weighted by atomic mass is 9.50. The molecule has 1 aliphatic heterocycles. The first-order valence-corrected chi connectivity index (χ1v) is 7.46. The van der Waals surface area contributed by atoms with Gasteiger partial charge in [0, 0.05) is 19.1 Å². The molecule has 2 saturated carbocycles. The van der Waals surface area contributed by atoms with E-state index in [2.05, 4.69) is 13.8 Å². The molecule has 0 aromatic heterocycles. The lowest BCUT2D eigenvalue weighted by Crippen LogP contribution is -2.50. The summed E-state index contributed by atoms with van der Waals surface area (Å²) in [7, 11) is 0. The third-order valence-electron chi connectivity index (χ3n) is 5.98. The van der Waals surface area contributed by atoms with Crippen molar-refractivity contribution in [3.8, 4) is 0 Å². The monoisotopic (exact) mass is 254 g/mol. The van der Waals surface area contributed by atoms with Crippen LogP contribution < -0.4 is 0 Å². The van der Waals surface area contributed by atoms with Crippen LogP contribution in [-0.2, 0) is 4.74 Å². The fourth-order valence-electron chi connectivity index (χ4n) is 4.59. The minimum atomic E-state index is 0.133. The molecule has 0 amide bonds. The van der Waals surface area contributed by atoms with Crippen molar-refractivity contribution in [1.82, 2.24) is 0 Å². The van der Waals surface area contributed by atoms with E-state index >= 15 is 0 Å². The van der Waals surface area contributed by atoms with Crippen molar-refractivity contribution in [1.29, 1.82) is 0 Å². The predicted molar refractivity (Wildman–Crippen MR) is 69.0 cm³/mol. The second-order valence-corrected chi connectivity index (χ2v) is 7.16. The first kappa shape index (κ1) is 12.9. The standard InChI is InChI=1S/C15H26O3/c1-9-5-13-14(18-13)10(7-16)3-4-12-11(9)6-15(12,2)8-17/h9-14,16-17H,3-8H2,1-2H3. The number of aliphatic hydroxyl groups excluding tert-OH is 2. The molecule has 0 radical (unpaired) electrons. The molecule has 7 atom stereocenters. The highest BCUT2D eigenvalue weighted by Gasteiger charge is 2.55. The van der Waals surface area contributed by atoms with E-state index in [1.807, 2.05) is 0 Å². The number of epoxide rings is 1. The molecule has 0 bridgehead atoms. The molecule has 18 heavy (non-hydrogen) atoms. The Morgan fingerprint density at radius 3 is 2.72 bits per heavy atom. The van der Waals surface area contributed by atoms with Crippen molar-refractivity contribution in [2.24, 2.45) is 29.1 Å². The van der Waals surface area contributed by atoms with E-state index in [1.54, 1.807) is 0 Å². The fourth-order valence-corrected chi connectivity index (χ4v) is 4.59. The van der Waals surface area contributed by atoms with Gasteiger partial charge in [-0.1, -0.05) is 13.8 Å². The summed E-state index contributed by atoms with van der Waals surface area (Å²) in [6.07, 6.45) is 5.22. The van der Waals surface area contributed by atoms with Gasteiger partial charge in [-0.25, -0.2) is 0 Å². The Labute approximate surface area is 110 Å². The molecule has 3 aliphatic rings. The average Bonchev–Trinajstić information content (AvgIpc) is 3.08. The number of aliphatic hydroxyl groups is 2. The van der Waals surface area contributed by atoms with Gasteiger partial charge < -0.3 is 14.9 Å². The zero-order valence-electron chi connectivity index (χ0n) is 11.5. The van der Waals surface area contributed by atoms with Gasteiger partial charge in [0.15, 0.2) is 0 Å². The molecule has 2 aliphatic carbocycles. The van der Waals surface area contributed by atoms with Crippen LogP contribution in [0.4, 0.5) is 0 Å². The molecule has 2 N–H and O–H groups in total. The predicted octanol–water partition coefficient (Wildman–Crippen LogP) is 1.82. The van der Waals surface area contributed by atoms with Crippen LogP contribution in [0.25, 0.3) is 0 Å². The molecular weight excluding hydrogens is 228 g/mol. The van der Waals surface area contributed by atoms with Gasteiger partial charge >= 0.3 is 0 Å². The van der Waals surface area contributed by atoms with Crippen LogP contribution in [0.2, 0.25) is 0 Å². The minimum Gasteiger partial charge on any atom is -0.396 e. The summed E-state index contributed by atoms with van der Waals surface area (Å²) in [6, 6.07) is 0. The Bertz CT molecular complexity index is 319. The molecule has 3 heteroatoms. The smallest absolute Gasteiger partial charge is 0.0891 e. The Morgan fingerprint density at radius 2 is 2.06 bits per heavy atom. The highest BCUT2D eigenvalue weighted by molar-refractivity contribution is 5.03. The van der Waals surface area contributed by atoms with E-state index in [0.717, 1.165) is 31.6 Å². The number of rotatable bonds is 2. The summed E-state index contributed by atoms with van der Waals surface area (Å²) >= 11 is 0. The second kappa shape index (κ2) is 4.46. The molecule has 0 spiro atoms. The topological polar surface area (TPSA) is 53.0 Å². The quantitative estimate of drug-likeness (QED) is 0.739. The van der Waals surface area contributed by atoms with Gasteiger partial charge in [-0.3, -0.25) is 0 Å². The van der Waals surface area contributed by atoms with Crippen LogP contribution in [0.3, 0.4) is 0 Å². The van der Waals surface area contributed by atoms with Crippen molar-refractivity contribution >= 4 is 0 Å². The maximum Gasteiger partial charge on any atom is 0.0891 e. The Balaban J connectivity index is 1.74. The normalized spacial score (nSPS) is 55.3. The van der Waals surface area contributed by atoms with Crippen LogP contribution >= 0.6 is 0 Å². The van der Waals surface area contributed by atoms with Gasteiger partial charge in [0.2, 0.25) is 0 Å². The number of fused-ring (bicyclic) bond motifs is 2. The van der Waals surface area contributed by atoms with Crippen LogP contribution in [0.15, 0.2) is 0 Å². The van der Waals surface area contributed by atoms with Gasteiger partial charge in [0.05, 0.1) is 12.2 Å². The number of ether oxygens (including phenoxy) is 1. The number of hydrogen-bond acceptors (Lipinski definition) is 3. The molecule has 3 rings (SSSR count). The fraction of sp³-hybridized carbons (Fsp3) is 1.00. The summed E-state index contributed by atoms with van der Waals surface area (Å²) in [5, 5.41) is 19.1. The van der Waals surface area contributed by atoms with Gasteiger partial charge in [-0.2, -0.15) is 0 Å². The summed E-state index contributed by atoms with van der Waals surface area (Å²) in [5.41, 5.74) is 0.133. The minimum absolute atomic E-state index is 0.133. The lowest BCUT2D eigenvalue weighted by Gasteiger charge is -2.55. The Hall–Kier alpha value is -0.120. The second-order valence-electron chi connectivity index (χ2n) is 7.16. The first-order valence-electron chi connectivity index (χ1n) is 7.46. The van der Waals surface area contributed by atoms with Crippen LogP contribution in [0, 0.1) is 29.1 Å². The van der Waals surface area contributed by atoms with E-state index in [4.69, 9.17) is 4.74 Å². The summed E-state index contributed by atoms with van der Waals surface area (Å²) in [6.45, 7) is 5.13. The summed E-state index contributed by atoms with van der Waals surface area (Å²) in [5.74, 6) is 2.42. The average molecular weight is 254 g/mol. The third-order valence-corrected chi connectivity index (χ3v) is 5.98. The maximum absolute atomic E-state index is 9.61. The van der Waals surface area contributed by atoms with E-state index in [-0.39, 0.29) is 12.0 Å². The molecule has 0 aromatic rings. The van der Waals surface area contributed by atoms with Gasteiger partial charge in [0.1, 0.15) is 0 Å². The van der Waals surface area contributed by atoms with E-state index in [9.17, 15) is 10.2 Å². The molecule has 1 saturated heterocycles. The maximum atomic E-state index is 9.61. The SMILES string of the molecule is CC1CC2OC2C(CO)CCC2C1CC2(C)CO. The molecule has 3 fully saturated rings. The van der Waals surface area contributed by atoms with Crippen molar-refractivity contribution in [2.75, 3.05) is 13.2 Å². The zero-order valence-corrected chi connectivity index (χ0v) is 11.5. The van der Waals surface area contributed by atoms with E-state index in [1.165, 1.54) is 0 Å². The summed E-state index contributed by atoms with van der Waals surface area (Å²) in [4.78, 5) is 0.